The van der Waals surface area contributed by atoms with Crippen LogP contribution in [0.25, 0.3) is 0 Å². The summed E-state index contributed by atoms with van der Waals surface area (Å²) in [5.74, 6) is -0.592. The first-order valence-electron chi connectivity index (χ1n) is 9.63. The number of halogens is 2. The van der Waals surface area contributed by atoms with E-state index in [1.54, 1.807) is 60.7 Å². The van der Waals surface area contributed by atoms with E-state index in [0.717, 1.165) is 9.87 Å². The molecule has 0 aliphatic carbocycles. The molecular formula is C23H21Cl2N3O3S. The van der Waals surface area contributed by atoms with Crippen LogP contribution in [-0.4, -0.2) is 31.4 Å². The summed E-state index contributed by atoms with van der Waals surface area (Å²) in [6, 6.07) is 20.3. The lowest BCUT2D eigenvalue weighted by Crippen LogP contribution is -2.39. The number of nitrogens with one attached hydrogen (secondary N) is 1. The molecule has 0 unspecified atom stereocenters. The lowest BCUT2D eigenvalue weighted by atomic mass is 10.2. The predicted molar refractivity (Wildman–Crippen MR) is 127 cm³/mol. The van der Waals surface area contributed by atoms with Crippen LogP contribution in [0.5, 0.6) is 0 Å². The van der Waals surface area contributed by atoms with Gasteiger partial charge in [-0.3, -0.25) is 4.79 Å². The standard InChI is InChI=1S/C23H21Cl2N3O3S/c1-17-9-11-21(12-10-17)32(30,31)28(15-19-6-2-3-8-22(19)25)16-23(29)27-26-14-18-5-4-7-20(24)13-18/h2-14H,15-16H2,1H3,(H,27,29)/b26-14-. The largest absolute Gasteiger partial charge is 0.272 e. The van der Waals surface area contributed by atoms with Crippen molar-refractivity contribution in [2.75, 3.05) is 6.54 Å². The van der Waals surface area contributed by atoms with Crippen LogP contribution in [0.2, 0.25) is 10.0 Å². The summed E-state index contributed by atoms with van der Waals surface area (Å²) in [5.41, 5.74) is 4.56. The van der Waals surface area contributed by atoms with Gasteiger partial charge in [0.15, 0.2) is 0 Å². The van der Waals surface area contributed by atoms with E-state index in [2.05, 4.69) is 10.5 Å². The number of carbonyl (C=O) groups is 1. The van der Waals surface area contributed by atoms with Gasteiger partial charge in [0.25, 0.3) is 5.91 Å². The Bertz CT molecular complexity index is 1230. The number of benzene rings is 3. The monoisotopic (exact) mass is 489 g/mol. The molecule has 9 heteroatoms. The highest BCUT2D eigenvalue weighted by molar-refractivity contribution is 7.89. The van der Waals surface area contributed by atoms with Gasteiger partial charge < -0.3 is 0 Å². The average molecular weight is 490 g/mol. The third-order valence-electron chi connectivity index (χ3n) is 4.53. The van der Waals surface area contributed by atoms with Crippen molar-refractivity contribution in [3.63, 3.8) is 0 Å². The summed E-state index contributed by atoms with van der Waals surface area (Å²) in [6.07, 6.45) is 1.43. The first kappa shape index (κ1) is 23.9. The number of aryl methyl sites for hydroxylation is 1. The van der Waals surface area contributed by atoms with Crippen LogP contribution in [0.1, 0.15) is 16.7 Å². The fourth-order valence-electron chi connectivity index (χ4n) is 2.86. The van der Waals surface area contributed by atoms with E-state index >= 15 is 0 Å². The maximum atomic E-state index is 13.3. The highest BCUT2D eigenvalue weighted by atomic mass is 35.5. The number of rotatable bonds is 8. The minimum Gasteiger partial charge on any atom is -0.272 e. The molecule has 0 atom stereocenters. The van der Waals surface area contributed by atoms with Crippen LogP contribution in [-0.2, 0) is 21.4 Å². The fraction of sp³-hybridized carbons (Fsp3) is 0.130. The van der Waals surface area contributed by atoms with Crippen molar-refractivity contribution < 1.29 is 13.2 Å². The lowest BCUT2D eigenvalue weighted by Gasteiger charge is -2.22. The van der Waals surface area contributed by atoms with Crippen LogP contribution in [0.3, 0.4) is 0 Å². The number of carbonyl (C=O) groups excluding carboxylic acids is 1. The van der Waals surface area contributed by atoms with Crippen LogP contribution in [0.15, 0.2) is 82.8 Å². The molecule has 0 fully saturated rings. The van der Waals surface area contributed by atoms with Gasteiger partial charge in [0.2, 0.25) is 10.0 Å². The van der Waals surface area contributed by atoms with E-state index < -0.39 is 22.5 Å². The first-order chi connectivity index (χ1) is 15.3. The molecule has 1 N–H and O–H groups in total. The maximum Gasteiger partial charge on any atom is 0.255 e. The van der Waals surface area contributed by atoms with E-state index in [-0.39, 0.29) is 11.4 Å². The zero-order valence-electron chi connectivity index (χ0n) is 17.2. The van der Waals surface area contributed by atoms with Crippen molar-refractivity contribution in [1.82, 2.24) is 9.73 Å². The molecule has 0 bridgehead atoms. The van der Waals surface area contributed by atoms with Gasteiger partial charge in [0.1, 0.15) is 0 Å². The van der Waals surface area contributed by atoms with E-state index in [9.17, 15) is 13.2 Å². The van der Waals surface area contributed by atoms with Gasteiger partial charge in [-0.15, -0.1) is 0 Å². The number of hydrogen-bond acceptors (Lipinski definition) is 4. The van der Waals surface area contributed by atoms with Gasteiger partial charge in [-0.1, -0.05) is 71.2 Å². The Hall–Kier alpha value is -2.71. The summed E-state index contributed by atoms with van der Waals surface area (Å²) in [5, 5.41) is 4.85. The zero-order valence-corrected chi connectivity index (χ0v) is 19.5. The maximum absolute atomic E-state index is 13.3. The third kappa shape index (κ3) is 6.40. The van der Waals surface area contributed by atoms with Crippen LogP contribution in [0.4, 0.5) is 0 Å². The molecule has 3 aromatic carbocycles. The molecule has 0 saturated carbocycles. The molecule has 3 aromatic rings. The SMILES string of the molecule is Cc1ccc(S(=O)(=O)N(CC(=O)N/N=C\c2cccc(Cl)c2)Cc2ccccc2Cl)cc1. The second kappa shape index (κ2) is 10.7. The quantitative estimate of drug-likeness (QED) is 0.369. The van der Waals surface area contributed by atoms with Crippen molar-refractivity contribution >= 4 is 45.3 Å². The Labute approximate surface area is 197 Å². The number of hydrazone groups is 1. The van der Waals surface area contributed by atoms with E-state index in [4.69, 9.17) is 23.2 Å². The number of amides is 1. The van der Waals surface area contributed by atoms with Gasteiger partial charge in [-0.2, -0.15) is 9.41 Å². The molecule has 166 valence electrons. The molecule has 0 saturated heterocycles. The molecule has 0 spiro atoms. The smallest absolute Gasteiger partial charge is 0.255 e. The second-order valence-electron chi connectivity index (χ2n) is 7.03. The molecule has 0 aliphatic heterocycles. The van der Waals surface area contributed by atoms with Crippen LogP contribution >= 0.6 is 23.2 Å². The van der Waals surface area contributed by atoms with Gasteiger partial charge >= 0.3 is 0 Å². The fourth-order valence-corrected chi connectivity index (χ4v) is 4.63. The molecule has 0 aliphatic rings. The van der Waals surface area contributed by atoms with Crippen LogP contribution < -0.4 is 5.43 Å². The molecule has 0 aromatic heterocycles. The van der Waals surface area contributed by atoms with E-state index in [1.807, 2.05) is 6.92 Å². The van der Waals surface area contributed by atoms with Crippen LogP contribution in [0, 0.1) is 6.92 Å². The Morgan fingerprint density at radius 3 is 2.44 bits per heavy atom. The van der Waals surface area contributed by atoms with Gasteiger partial charge in [-0.25, -0.2) is 13.8 Å². The molecule has 0 radical (unpaired) electrons. The molecule has 32 heavy (non-hydrogen) atoms. The zero-order chi connectivity index (χ0) is 23.1. The summed E-state index contributed by atoms with van der Waals surface area (Å²) in [4.78, 5) is 12.6. The molecule has 0 heterocycles. The number of sulfonamides is 1. The second-order valence-corrected chi connectivity index (χ2v) is 9.81. The van der Waals surface area contributed by atoms with E-state index in [0.29, 0.717) is 21.2 Å². The lowest BCUT2D eigenvalue weighted by molar-refractivity contribution is -0.121. The summed E-state index contributed by atoms with van der Waals surface area (Å²) >= 11 is 12.2. The summed E-state index contributed by atoms with van der Waals surface area (Å²) in [6.45, 7) is 1.36. The average Bonchev–Trinajstić information content (AvgIpc) is 2.75. The predicted octanol–water partition coefficient (Wildman–Crippen LogP) is 4.64. The molecule has 3 rings (SSSR count). The van der Waals surface area contributed by atoms with Gasteiger partial charge in [0.05, 0.1) is 17.7 Å². The van der Waals surface area contributed by atoms with Crippen molar-refractivity contribution in [3.8, 4) is 0 Å². The third-order valence-corrected chi connectivity index (χ3v) is 6.94. The van der Waals surface area contributed by atoms with Crippen molar-refractivity contribution in [3.05, 3.63) is 99.5 Å². The molecule has 6 nitrogen and oxygen atoms in total. The Kier molecular flexibility index (Phi) is 8.04. The Morgan fingerprint density at radius 2 is 1.75 bits per heavy atom. The Balaban J connectivity index is 1.81. The van der Waals surface area contributed by atoms with Crippen molar-refractivity contribution in [2.45, 2.75) is 18.4 Å². The highest BCUT2D eigenvalue weighted by Crippen LogP contribution is 2.22. The molecule has 1 amide bonds. The van der Waals surface area contributed by atoms with E-state index in [1.165, 1.54) is 18.3 Å². The highest BCUT2D eigenvalue weighted by Gasteiger charge is 2.27. The number of hydrogen-bond donors (Lipinski definition) is 1. The number of nitrogens with zero attached hydrogens (tertiary/aromatic N) is 2. The first-order valence-corrected chi connectivity index (χ1v) is 11.8. The minimum atomic E-state index is -3.97. The normalized spacial score (nSPS) is 11.8. The minimum absolute atomic E-state index is 0.0681. The van der Waals surface area contributed by atoms with Crippen molar-refractivity contribution in [2.24, 2.45) is 5.10 Å². The topological polar surface area (TPSA) is 78.8 Å². The summed E-state index contributed by atoms with van der Waals surface area (Å²) < 4.78 is 27.6. The van der Waals surface area contributed by atoms with Crippen molar-refractivity contribution in [1.29, 1.82) is 0 Å². The van der Waals surface area contributed by atoms with Gasteiger partial charge in [0, 0.05) is 16.6 Å². The summed E-state index contributed by atoms with van der Waals surface area (Å²) in [7, 11) is -3.97. The van der Waals surface area contributed by atoms with Gasteiger partial charge in [-0.05, 0) is 48.4 Å². The molecular weight excluding hydrogens is 469 g/mol. The Morgan fingerprint density at radius 1 is 1.03 bits per heavy atom.